The quantitative estimate of drug-likeness (QED) is 0.390. The van der Waals surface area contributed by atoms with Gasteiger partial charge in [-0.1, -0.05) is 67.7 Å². The van der Waals surface area contributed by atoms with Gasteiger partial charge in [-0.3, -0.25) is 0 Å². The molecule has 0 aromatic carbocycles. The van der Waals surface area contributed by atoms with E-state index in [1.165, 1.54) is 0 Å². The topological polar surface area (TPSA) is 37.3 Å². The summed E-state index contributed by atoms with van der Waals surface area (Å²) in [4.78, 5) is 0. The van der Waals surface area contributed by atoms with E-state index in [4.69, 9.17) is 4.55 Å². The van der Waals surface area contributed by atoms with E-state index in [0.29, 0.717) is 12.2 Å². The summed E-state index contributed by atoms with van der Waals surface area (Å²) in [6, 6.07) is 0. The van der Waals surface area contributed by atoms with Crippen LogP contribution in [0, 0.1) is 0 Å². The van der Waals surface area contributed by atoms with Gasteiger partial charge in [0.1, 0.15) is 0 Å². The molecule has 0 aromatic rings. The number of allylic oxidation sites excluding steroid dienone is 10. The molecule has 0 spiro atoms. The zero-order valence-corrected chi connectivity index (χ0v) is 13.8. The first kappa shape index (κ1) is 19.8. The maximum absolute atomic E-state index is 10.4. The van der Waals surface area contributed by atoms with Gasteiger partial charge in [0.25, 0.3) is 0 Å². The van der Waals surface area contributed by atoms with Gasteiger partial charge in [0.2, 0.25) is 0 Å². The molecule has 0 rings (SSSR count). The molecule has 21 heavy (non-hydrogen) atoms. The summed E-state index contributed by atoms with van der Waals surface area (Å²) in [7, 11) is 0. The molecule has 0 amide bonds. The predicted molar refractivity (Wildman–Crippen MR) is 94.7 cm³/mol. The lowest BCUT2D eigenvalue weighted by molar-refractivity contribution is 0.564. The van der Waals surface area contributed by atoms with E-state index in [1.807, 2.05) is 12.2 Å². The fourth-order valence-corrected chi connectivity index (χ4v) is 1.88. The van der Waals surface area contributed by atoms with Crippen LogP contribution in [0.25, 0.3) is 0 Å². The third-order valence-corrected chi connectivity index (χ3v) is 3.20. The molecule has 0 bridgehead atoms. The van der Waals surface area contributed by atoms with E-state index in [9.17, 15) is 4.21 Å². The van der Waals surface area contributed by atoms with Gasteiger partial charge >= 0.3 is 0 Å². The maximum atomic E-state index is 10.4. The smallest absolute Gasteiger partial charge is 0.153 e. The van der Waals surface area contributed by atoms with Crippen LogP contribution >= 0.6 is 0 Å². The summed E-state index contributed by atoms with van der Waals surface area (Å²) in [6.07, 6.45) is 27.0. The van der Waals surface area contributed by atoms with Crippen LogP contribution in [0.5, 0.6) is 0 Å². The van der Waals surface area contributed by atoms with Crippen LogP contribution in [-0.4, -0.2) is 14.5 Å². The van der Waals surface area contributed by atoms with Crippen LogP contribution in [0.15, 0.2) is 60.8 Å². The van der Waals surface area contributed by atoms with Gasteiger partial charge in [0, 0.05) is 0 Å². The van der Waals surface area contributed by atoms with E-state index in [1.54, 1.807) is 0 Å². The van der Waals surface area contributed by atoms with Gasteiger partial charge in [-0.2, -0.15) is 0 Å². The van der Waals surface area contributed by atoms with Crippen molar-refractivity contribution in [1.82, 2.24) is 0 Å². The van der Waals surface area contributed by atoms with Crippen LogP contribution in [0.2, 0.25) is 0 Å². The van der Waals surface area contributed by atoms with Crippen molar-refractivity contribution in [2.45, 2.75) is 45.4 Å². The Labute approximate surface area is 132 Å². The molecule has 1 N–H and O–H groups in total. The summed E-state index contributed by atoms with van der Waals surface area (Å²) >= 11 is -1.67. The van der Waals surface area contributed by atoms with Crippen molar-refractivity contribution in [2.24, 2.45) is 0 Å². The lowest BCUT2D eigenvalue weighted by Crippen LogP contribution is -1.91. The molecular weight excluding hydrogens is 280 g/mol. The van der Waals surface area contributed by atoms with Gasteiger partial charge in [0.05, 0.1) is 5.75 Å². The van der Waals surface area contributed by atoms with Crippen molar-refractivity contribution in [3.05, 3.63) is 60.8 Å². The van der Waals surface area contributed by atoms with Gasteiger partial charge in [0.15, 0.2) is 11.1 Å². The van der Waals surface area contributed by atoms with E-state index in [0.717, 1.165) is 32.1 Å². The zero-order chi connectivity index (χ0) is 15.6. The lowest BCUT2D eigenvalue weighted by Gasteiger charge is -1.87. The highest BCUT2D eigenvalue weighted by Crippen LogP contribution is 1.96. The van der Waals surface area contributed by atoms with E-state index in [-0.39, 0.29) is 0 Å². The fourth-order valence-electron chi connectivity index (χ4n) is 1.54. The van der Waals surface area contributed by atoms with E-state index in [2.05, 4.69) is 55.5 Å². The van der Waals surface area contributed by atoms with Gasteiger partial charge in [-0.25, -0.2) is 4.21 Å². The average Bonchev–Trinajstić information content (AvgIpc) is 2.46. The van der Waals surface area contributed by atoms with Crippen molar-refractivity contribution in [1.29, 1.82) is 0 Å². The third-order valence-electron chi connectivity index (χ3n) is 2.62. The molecular formula is C18H28O2S. The maximum Gasteiger partial charge on any atom is 0.153 e. The van der Waals surface area contributed by atoms with Gasteiger partial charge in [-0.05, 0) is 38.5 Å². The second kappa shape index (κ2) is 16.9. The summed E-state index contributed by atoms with van der Waals surface area (Å²) in [5.74, 6) is 0.324. The van der Waals surface area contributed by atoms with Crippen molar-refractivity contribution >= 4 is 11.1 Å². The number of rotatable bonds is 12. The van der Waals surface area contributed by atoms with Crippen molar-refractivity contribution in [3.63, 3.8) is 0 Å². The second-order valence-electron chi connectivity index (χ2n) is 4.52. The Kier molecular flexibility index (Phi) is 15.9. The lowest BCUT2D eigenvalue weighted by atomic mass is 10.2. The largest absolute Gasteiger partial charge is 0.306 e. The Hall–Kier alpha value is -1.19. The zero-order valence-electron chi connectivity index (χ0n) is 13.0. The number of hydrogen-bond acceptors (Lipinski definition) is 1. The van der Waals surface area contributed by atoms with Crippen molar-refractivity contribution in [2.75, 3.05) is 5.75 Å². The first-order valence-corrected chi connectivity index (χ1v) is 8.87. The highest BCUT2D eigenvalue weighted by molar-refractivity contribution is 7.79. The SMILES string of the molecule is CC/C=C\C/C=C\C/C=C\C/C=C\C/C=C\CCS(=O)O. The van der Waals surface area contributed by atoms with Crippen LogP contribution in [-0.2, 0) is 11.1 Å². The van der Waals surface area contributed by atoms with Crippen LogP contribution in [0.3, 0.4) is 0 Å². The normalized spacial score (nSPS) is 14.6. The molecule has 3 heteroatoms. The Balaban J connectivity index is 3.47. The molecule has 0 saturated carbocycles. The third kappa shape index (κ3) is 18.8. The molecule has 0 fully saturated rings. The van der Waals surface area contributed by atoms with E-state index < -0.39 is 11.1 Å². The van der Waals surface area contributed by atoms with Crippen molar-refractivity contribution in [3.8, 4) is 0 Å². The molecule has 2 nitrogen and oxygen atoms in total. The van der Waals surface area contributed by atoms with Crippen molar-refractivity contribution < 1.29 is 8.76 Å². The minimum absolute atomic E-state index is 0.324. The summed E-state index contributed by atoms with van der Waals surface area (Å²) in [5.41, 5.74) is 0. The molecule has 0 heterocycles. The highest BCUT2D eigenvalue weighted by Gasteiger charge is 1.87. The Morgan fingerprint density at radius 2 is 1.10 bits per heavy atom. The Morgan fingerprint density at radius 3 is 1.48 bits per heavy atom. The Bertz CT molecular complexity index is 390. The van der Waals surface area contributed by atoms with Gasteiger partial charge < -0.3 is 4.55 Å². The summed E-state index contributed by atoms with van der Waals surface area (Å²) in [5, 5.41) is 0. The summed E-state index contributed by atoms with van der Waals surface area (Å²) in [6.45, 7) is 2.14. The molecule has 0 radical (unpaired) electrons. The molecule has 1 atom stereocenters. The van der Waals surface area contributed by atoms with Crippen LogP contribution in [0.4, 0.5) is 0 Å². The Morgan fingerprint density at radius 1 is 0.714 bits per heavy atom. The highest BCUT2D eigenvalue weighted by atomic mass is 32.2. The predicted octanol–water partition coefficient (Wildman–Crippen LogP) is 5.35. The molecule has 0 aromatic heterocycles. The average molecular weight is 308 g/mol. The molecule has 0 saturated heterocycles. The molecule has 0 aliphatic heterocycles. The minimum Gasteiger partial charge on any atom is -0.306 e. The first-order chi connectivity index (χ1) is 10.3. The van der Waals surface area contributed by atoms with Crippen LogP contribution < -0.4 is 0 Å². The second-order valence-corrected chi connectivity index (χ2v) is 5.57. The monoisotopic (exact) mass is 308 g/mol. The summed E-state index contributed by atoms with van der Waals surface area (Å²) < 4.78 is 19.0. The fraction of sp³-hybridized carbons (Fsp3) is 0.444. The van der Waals surface area contributed by atoms with Crippen LogP contribution in [0.1, 0.15) is 45.4 Å². The van der Waals surface area contributed by atoms with Gasteiger partial charge in [-0.15, -0.1) is 0 Å². The first-order valence-electron chi connectivity index (χ1n) is 7.59. The van der Waals surface area contributed by atoms with E-state index >= 15 is 0 Å². The number of hydrogen-bond donors (Lipinski definition) is 1. The standard InChI is InChI=1S/C18H28O2S/c1-2-3-4-5-6-7-8-9-10-11-12-13-14-15-16-17-18-21(19)20/h3-4,6-7,9-10,12-13,15-16H,2,5,8,11,14,17-18H2,1H3,(H,19,20)/b4-3-,7-6-,10-9-,13-12-,16-15-. The molecule has 118 valence electrons. The molecule has 0 aliphatic carbocycles. The minimum atomic E-state index is -1.67. The molecule has 0 aliphatic rings. The molecule has 1 unspecified atom stereocenters.